The molecule has 178 valence electrons. The molecule has 4 rings (SSSR count). The van der Waals surface area contributed by atoms with Crippen molar-refractivity contribution in [1.82, 2.24) is 0 Å². The molecule has 2 aliphatic rings. The molecule has 0 saturated heterocycles. The number of carbonyl (C=O) groups excluding carboxylic acids is 2. The van der Waals surface area contributed by atoms with Gasteiger partial charge in [-0.3, -0.25) is 14.6 Å². The number of rotatable bonds is 7. The van der Waals surface area contributed by atoms with E-state index in [0.29, 0.717) is 35.8 Å². The molecular weight excluding hydrogens is 534 g/mol. The maximum Gasteiger partial charge on any atom is 0.315 e. The van der Waals surface area contributed by atoms with Crippen molar-refractivity contribution in [3.63, 3.8) is 0 Å². The Labute approximate surface area is 218 Å². The second-order valence-corrected chi connectivity index (χ2v) is 11.3. The number of carbonyl (C=O) groups is 2. The van der Waals surface area contributed by atoms with Gasteiger partial charge in [-0.15, -0.1) is 0 Å². The van der Waals surface area contributed by atoms with Crippen LogP contribution in [0.1, 0.15) is 49.7 Å². The van der Waals surface area contributed by atoms with Gasteiger partial charge < -0.3 is 4.74 Å². The maximum absolute atomic E-state index is 13.6. The molecule has 2 aromatic carbocycles. The highest BCUT2D eigenvalue weighted by Gasteiger charge is 2.44. The van der Waals surface area contributed by atoms with E-state index in [9.17, 15) is 9.59 Å². The van der Waals surface area contributed by atoms with Crippen LogP contribution in [0.2, 0.25) is 5.02 Å². The lowest BCUT2D eigenvalue weighted by atomic mass is 9.69. The average Bonchev–Trinajstić information content (AvgIpc) is 2.81. The zero-order valence-corrected chi connectivity index (χ0v) is 22.4. The van der Waals surface area contributed by atoms with E-state index in [4.69, 9.17) is 21.3 Å². The number of Topliss-reactive ketones (excluding diaryl/α,β-unsaturated/α-hetero) is 1. The Balaban J connectivity index is 1.71. The topological polar surface area (TPSA) is 55.7 Å². The number of hydrogen-bond donors (Lipinski definition) is 0. The first-order chi connectivity index (χ1) is 16.4. The van der Waals surface area contributed by atoms with Crippen LogP contribution in [0.4, 0.5) is 0 Å². The van der Waals surface area contributed by atoms with E-state index < -0.39 is 11.8 Å². The first-order valence-electron chi connectivity index (χ1n) is 11.5. The fourth-order valence-electron chi connectivity index (χ4n) is 4.83. The van der Waals surface area contributed by atoms with E-state index in [1.54, 1.807) is 11.8 Å². The Bertz CT molecular complexity index is 1140. The quantitative estimate of drug-likeness (QED) is 0.271. The maximum atomic E-state index is 13.6. The molecule has 0 radical (unpaired) electrons. The highest BCUT2D eigenvalue weighted by Crippen LogP contribution is 2.47. The van der Waals surface area contributed by atoms with Crippen LogP contribution in [0.5, 0.6) is 0 Å². The van der Waals surface area contributed by atoms with Gasteiger partial charge in [0.2, 0.25) is 0 Å². The second kappa shape index (κ2) is 11.2. The molecule has 2 aromatic rings. The van der Waals surface area contributed by atoms with Crippen LogP contribution >= 0.6 is 39.3 Å². The minimum atomic E-state index is -0.615. The molecular formula is C27H27BrClNO3S. The number of esters is 1. The van der Waals surface area contributed by atoms with Crippen LogP contribution in [0.25, 0.3) is 0 Å². The largest absolute Gasteiger partial charge is 0.464 e. The summed E-state index contributed by atoms with van der Waals surface area (Å²) in [6.07, 6.45) is 1.04. The number of aliphatic imine (C=N–C) groups is 1. The Kier molecular flexibility index (Phi) is 8.33. The lowest BCUT2D eigenvalue weighted by Gasteiger charge is -2.36. The normalized spacial score (nSPS) is 22.3. The van der Waals surface area contributed by atoms with Gasteiger partial charge in [0.05, 0.1) is 0 Å². The van der Waals surface area contributed by atoms with Gasteiger partial charge in [-0.25, -0.2) is 0 Å². The third-order valence-electron chi connectivity index (χ3n) is 6.37. The summed E-state index contributed by atoms with van der Waals surface area (Å²) in [6, 6.07) is 15.5. The van der Waals surface area contributed by atoms with Gasteiger partial charge in [-0.1, -0.05) is 58.7 Å². The third kappa shape index (κ3) is 5.50. The van der Waals surface area contributed by atoms with Crippen molar-refractivity contribution in [3.8, 4) is 0 Å². The summed E-state index contributed by atoms with van der Waals surface area (Å²) >= 11 is 11.3. The fourth-order valence-corrected chi connectivity index (χ4v) is 5.86. The molecule has 0 saturated carbocycles. The molecule has 1 aliphatic carbocycles. The summed E-state index contributed by atoms with van der Waals surface area (Å²) in [4.78, 5) is 31.7. The van der Waals surface area contributed by atoms with Crippen LogP contribution in [0.15, 0.2) is 69.3 Å². The van der Waals surface area contributed by atoms with Crippen LogP contribution < -0.4 is 0 Å². The predicted octanol–water partition coefficient (Wildman–Crippen LogP) is 6.97. The summed E-state index contributed by atoms with van der Waals surface area (Å²) in [5.74, 6) is 0.469. The summed E-state index contributed by atoms with van der Waals surface area (Å²) in [6.45, 7) is 4.30. The minimum absolute atomic E-state index is 0.0396. The van der Waals surface area contributed by atoms with Crippen molar-refractivity contribution in [2.24, 2.45) is 10.9 Å². The number of halogens is 2. The monoisotopic (exact) mass is 559 g/mol. The lowest BCUT2D eigenvalue weighted by Crippen LogP contribution is -2.38. The molecule has 4 nitrogen and oxygen atoms in total. The molecule has 0 bridgehead atoms. The lowest BCUT2D eigenvalue weighted by molar-refractivity contribution is -0.145. The average molecular weight is 561 g/mol. The van der Waals surface area contributed by atoms with Gasteiger partial charge in [0.25, 0.3) is 0 Å². The number of ketones is 1. The molecule has 34 heavy (non-hydrogen) atoms. The zero-order valence-electron chi connectivity index (χ0n) is 19.2. The van der Waals surface area contributed by atoms with Crippen LogP contribution in [0.3, 0.4) is 0 Å². The van der Waals surface area contributed by atoms with Crippen LogP contribution in [-0.4, -0.2) is 35.6 Å². The van der Waals surface area contributed by atoms with Gasteiger partial charge in [-0.05, 0) is 60.4 Å². The molecule has 1 aliphatic heterocycles. The molecule has 0 N–H and O–H groups in total. The van der Waals surface area contributed by atoms with E-state index in [1.807, 2.05) is 55.5 Å². The molecule has 0 spiro atoms. The van der Waals surface area contributed by atoms with Gasteiger partial charge in [0.1, 0.15) is 12.5 Å². The molecule has 0 amide bonds. The Morgan fingerprint density at radius 2 is 1.94 bits per heavy atom. The summed E-state index contributed by atoms with van der Waals surface area (Å²) in [5, 5.41) is 0.672. The van der Waals surface area contributed by atoms with Crippen molar-refractivity contribution in [2.75, 3.05) is 18.1 Å². The van der Waals surface area contributed by atoms with Gasteiger partial charge in [-0.2, -0.15) is 11.8 Å². The third-order valence-corrected chi connectivity index (χ3v) is 7.98. The smallest absolute Gasteiger partial charge is 0.315 e. The van der Waals surface area contributed by atoms with Crippen molar-refractivity contribution in [2.45, 2.75) is 38.5 Å². The SMILES string of the molecule is CCSCCOC(=O)C1C(C)=NC2=C(C(=O)C[C@@H](c3ccc(Cl)cc3)C2)[C@H]1c1cccc(Br)c1. The number of ether oxygens (including phenoxy) is 1. The van der Waals surface area contributed by atoms with Gasteiger partial charge in [0.15, 0.2) is 5.78 Å². The van der Waals surface area contributed by atoms with E-state index in [1.165, 1.54) is 0 Å². The number of benzene rings is 2. The molecule has 0 aromatic heterocycles. The first-order valence-corrected chi connectivity index (χ1v) is 13.8. The van der Waals surface area contributed by atoms with Gasteiger partial charge >= 0.3 is 5.97 Å². The van der Waals surface area contributed by atoms with Crippen molar-refractivity contribution >= 4 is 56.8 Å². The fraction of sp³-hybridized carbons (Fsp3) is 0.370. The van der Waals surface area contributed by atoms with E-state index in [0.717, 1.165) is 32.8 Å². The predicted molar refractivity (Wildman–Crippen MR) is 143 cm³/mol. The van der Waals surface area contributed by atoms with Crippen molar-refractivity contribution in [3.05, 3.63) is 80.4 Å². The zero-order chi connectivity index (χ0) is 24.2. The molecule has 1 heterocycles. The summed E-state index contributed by atoms with van der Waals surface area (Å²) < 4.78 is 6.56. The molecule has 0 fully saturated rings. The van der Waals surface area contributed by atoms with Crippen LogP contribution in [0, 0.1) is 5.92 Å². The number of thioether (sulfide) groups is 1. The number of hydrogen-bond acceptors (Lipinski definition) is 5. The standard InChI is InChI=1S/C27H27BrClNO3S/c1-3-34-12-11-33-27(32)24-16(2)30-22-14-19(17-7-9-21(29)10-8-17)15-23(31)26(22)25(24)18-5-4-6-20(28)13-18/h4-10,13,19,24-25H,3,11-12,14-15H2,1-2H3/t19-,24?,25-/m0/s1. The van der Waals surface area contributed by atoms with Crippen molar-refractivity contribution in [1.29, 1.82) is 0 Å². The number of nitrogens with zero attached hydrogens (tertiary/aromatic N) is 1. The molecule has 1 unspecified atom stereocenters. The first kappa shape index (κ1) is 25.2. The van der Waals surface area contributed by atoms with Crippen LogP contribution in [-0.2, 0) is 14.3 Å². The van der Waals surface area contributed by atoms with Crippen molar-refractivity contribution < 1.29 is 14.3 Å². The van der Waals surface area contributed by atoms with E-state index in [2.05, 4.69) is 22.9 Å². The Morgan fingerprint density at radius 1 is 1.18 bits per heavy atom. The molecule has 7 heteroatoms. The highest BCUT2D eigenvalue weighted by atomic mass is 79.9. The Morgan fingerprint density at radius 3 is 2.65 bits per heavy atom. The number of allylic oxidation sites excluding steroid dienone is 2. The summed E-state index contributed by atoms with van der Waals surface area (Å²) in [7, 11) is 0. The second-order valence-electron chi connectivity index (χ2n) is 8.57. The van der Waals surface area contributed by atoms with Gasteiger partial charge in [0, 0.05) is 44.6 Å². The van der Waals surface area contributed by atoms with E-state index >= 15 is 0 Å². The Hall–Kier alpha value is -1.89. The molecule has 3 atom stereocenters. The minimum Gasteiger partial charge on any atom is -0.464 e. The van der Waals surface area contributed by atoms with E-state index in [-0.39, 0.29) is 17.7 Å². The highest BCUT2D eigenvalue weighted by molar-refractivity contribution is 9.10. The summed E-state index contributed by atoms with van der Waals surface area (Å²) in [5.41, 5.74) is 4.12.